The SMILES string of the molecule is CNC1CCC(N(C)c2cc(Cl)ccc2C)CC1. The highest BCUT2D eigenvalue weighted by atomic mass is 35.5. The van der Waals surface area contributed by atoms with Gasteiger partial charge in [-0.05, 0) is 57.4 Å². The molecule has 0 unspecified atom stereocenters. The first-order valence-corrected chi connectivity index (χ1v) is 7.16. The molecule has 1 aliphatic carbocycles. The molecule has 0 amide bonds. The lowest BCUT2D eigenvalue weighted by atomic mass is 9.90. The average Bonchev–Trinajstić information content (AvgIpc) is 2.41. The van der Waals surface area contributed by atoms with Gasteiger partial charge in [0.05, 0.1) is 0 Å². The third-order valence-corrected chi connectivity index (χ3v) is 4.44. The summed E-state index contributed by atoms with van der Waals surface area (Å²) in [5.41, 5.74) is 2.58. The van der Waals surface area contributed by atoms with Crippen molar-refractivity contribution < 1.29 is 0 Å². The Hall–Kier alpha value is -0.730. The van der Waals surface area contributed by atoms with Gasteiger partial charge in [-0.1, -0.05) is 17.7 Å². The fourth-order valence-corrected chi connectivity index (χ4v) is 3.08. The van der Waals surface area contributed by atoms with Crippen molar-refractivity contribution in [3.63, 3.8) is 0 Å². The van der Waals surface area contributed by atoms with Gasteiger partial charge in [-0.25, -0.2) is 0 Å². The Bertz CT molecular complexity index is 397. The number of anilines is 1. The van der Waals surface area contributed by atoms with Crippen LogP contribution in [0.2, 0.25) is 5.02 Å². The number of nitrogens with one attached hydrogen (secondary N) is 1. The molecule has 0 bridgehead atoms. The van der Waals surface area contributed by atoms with Crippen LogP contribution in [-0.2, 0) is 0 Å². The fourth-order valence-electron chi connectivity index (χ4n) is 2.91. The molecule has 1 N–H and O–H groups in total. The molecule has 1 fully saturated rings. The summed E-state index contributed by atoms with van der Waals surface area (Å²) in [4.78, 5) is 2.41. The van der Waals surface area contributed by atoms with Crippen molar-refractivity contribution in [1.82, 2.24) is 5.32 Å². The Labute approximate surface area is 115 Å². The number of aryl methyl sites for hydroxylation is 1. The van der Waals surface area contributed by atoms with E-state index in [-0.39, 0.29) is 0 Å². The van der Waals surface area contributed by atoms with Gasteiger partial charge < -0.3 is 10.2 Å². The van der Waals surface area contributed by atoms with Crippen molar-refractivity contribution in [2.45, 2.75) is 44.7 Å². The highest BCUT2D eigenvalue weighted by Gasteiger charge is 2.23. The Morgan fingerprint density at radius 2 is 1.89 bits per heavy atom. The Balaban J connectivity index is 2.07. The van der Waals surface area contributed by atoms with Gasteiger partial charge in [-0.2, -0.15) is 0 Å². The lowest BCUT2D eigenvalue weighted by Crippen LogP contribution is -2.40. The van der Waals surface area contributed by atoms with E-state index in [1.165, 1.54) is 36.9 Å². The maximum atomic E-state index is 6.11. The largest absolute Gasteiger partial charge is 0.371 e. The summed E-state index contributed by atoms with van der Waals surface area (Å²) in [5.74, 6) is 0. The van der Waals surface area contributed by atoms with Crippen LogP contribution >= 0.6 is 11.6 Å². The maximum absolute atomic E-state index is 6.11. The lowest BCUT2D eigenvalue weighted by Gasteiger charge is -2.36. The fraction of sp³-hybridized carbons (Fsp3) is 0.600. The van der Waals surface area contributed by atoms with Crippen molar-refractivity contribution in [1.29, 1.82) is 0 Å². The zero-order valence-electron chi connectivity index (χ0n) is 11.5. The predicted molar refractivity (Wildman–Crippen MR) is 79.7 cm³/mol. The molecule has 1 aliphatic rings. The molecule has 0 aliphatic heterocycles. The molecule has 1 aromatic rings. The van der Waals surface area contributed by atoms with E-state index in [1.54, 1.807) is 0 Å². The van der Waals surface area contributed by atoms with E-state index in [4.69, 9.17) is 11.6 Å². The van der Waals surface area contributed by atoms with E-state index in [1.807, 2.05) is 6.07 Å². The monoisotopic (exact) mass is 266 g/mol. The first-order valence-electron chi connectivity index (χ1n) is 6.78. The van der Waals surface area contributed by atoms with E-state index in [9.17, 15) is 0 Å². The zero-order chi connectivity index (χ0) is 13.1. The van der Waals surface area contributed by atoms with Crippen LogP contribution < -0.4 is 10.2 Å². The highest BCUT2D eigenvalue weighted by molar-refractivity contribution is 6.30. The molecule has 2 rings (SSSR count). The molecule has 0 heterocycles. The minimum atomic E-state index is 0.645. The molecule has 3 heteroatoms. The molecule has 0 aromatic heterocycles. The van der Waals surface area contributed by atoms with E-state index in [0.717, 1.165) is 5.02 Å². The summed E-state index contributed by atoms with van der Waals surface area (Å²) in [6.45, 7) is 2.15. The number of rotatable bonds is 3. The van der Waals surface area contributed by atoms with E-state index < -0.39 is 0 Å². The topological polar surface area (TPSA) is 15.3 Å². The molecule has 0 atom stereocenters. The van der Waals surface area contributed by atoms with Crippen LogP contribution in [0.15, 0.2) is 18.2 Å². The summed E-state index contributed by atoms with van der Waals surface area (Å²) >= 11 is 6.11. The normalized spacial score (nSPS) is 24.0. The van der Waals surface area contributed by atoms with Crippen molar-refractivity contribution in [3.8, 4) is 0 Å². The Morgan fingerprint density at radius 3 is 2.50 bits per heavy atom. The van der Waals surface area contributed by atoms with Crippen LogP contribution in [-0.4, -0.2) is 26.2 Å². The number of halogens is 1. The van der Waals surface area contributed by atoms with Crippen molar-refractivity contribution in [2.75, 3.05) is 19.0 Å². The summed E-state index contributed by atoms with van der Waals surface area (Å²) in [6, 6.07) is 7.50. The smallest absolute Gasteiger partial charge is 0.0426 e. The predicted octanol–water partition coefficient (Wildman–Crippen LogP) is 3.62. The van der Waals surface area contributed by atoms with Gasteiger partial charge in [0, 0.05) is 29.8 Å². The maximum Gasteiger partial charge on any atom is 0.0426 e. The number of benzene rings is 1. The van der Waals surface area contributed by atoms with Crippen LogP contribution in [0.3, 0.4) is 0 Å². The second-order valence-corrected chi connectivity index (χ2v) is 5.77. The molecular weight excluding hydrogens is 244 g/mol. The first-order chi connectivity index (χ1) is 8.61. The number of hydrogen-bond donors (Lipinski definition) is 1. The Morgan fingerprint density at radius 1 is 1.22 bits per heavy atom. The molecule has 100 valence electrons. The third kappa shape index (κ3) is 2.99. The summed E-state index contributed by atoms with van der Waals surface area (Å²) in [6.07, 6.45) is 5.05. The molecule has 2 nitrogen and oxygen atoms in total. The first kappa shape index (κ1) is 13.7. The van der Waals surface area contributed by atoms with Gasteiger partial charge in [0.2, 0.25) is 0 Å². The van der Waals surface area contributed by atoms with Gasteiger partial charge in [0.25, 0.3) is 0 Å². The summed E-state index contributed by atoms with van der Waals surface area (Å²) in [7, 11) is 4.26. The van der Waals surface area contributed by atoms with Gasteiger partial charge in [-0.3, -0.25) is 0 Å². The van der Waals surface area contributed by atoms with Crippen molar-refractivity contribution in [2.24, 2.45) is 0 Å². The van der Waals surface area contributed by atoms with E-state index in [0.29, 0.717) is 12.1 Å². The number of hydrogen-bond acceptors (Lipinski definition) is 2. The van der Waals surface area contributed by atoms with Crippen LogP contribution in [0.4, 0.5) is 5.69 Å². The van der Waals surface area contributed by atoms with E-state index in [2.05, 4.69) is 43.4 Å². The Kier molecular flexibility index (Phi) is 4.52. The van der Waals surface area contributed by atoms with Crippen LogP contribution in [0, 0.1) is 6.92 Å². The second kappa shape index (κ2) is 5.94. The molecule has 0 saturated heterocycles. The molecule has 18 heavy (non-hydrogen) atoms. The minimum absolute atomic E-state index is 0.645. The molecule has 0 radical (unpaired) electrons. The van der Waals surface area contributed by atoms with Crippen LogP contribution in [0.25, 0.3) is 0 Å². The zero-order valence-corrected chi connectivity index (χ0v) is 12.3. The van der Waals surface area contributed by atoms with Crippen LogP contribution in [0.1, 0.15) is 31.2 Å². The van der Waals surface area contributed by atoms with E-state index >= 15 is 0 Å². The average molecular weight is 267 g/mol. The minimum Gasteiger partial charge on any atom is -0.371 e. The molecule has 1 aromatic carbocycles. The molecular formula is C15H23ClN2. The standard InChI is InChI=1S/C15H23ClN2/c1-11-4-5-12(16)10-15(11)18(3)14-8-6-13(17-2)7-9-14/h4-5,10,13-14,17H,6-9H2,1-3H3. The second-order valence-electron chi connectivity index (χ2n) is 5.34. The quantitative estimate of drug-likeness (QED) is 0.899. The highest BCUT2D eigenvalue weighted by Crippen LogP contribution is 2.30. The van der Waals surface area contributed by atoms with Gasteiger partial charge in [0.1, 0.15) is 0 Å². The lowest BCUT2D eigenvalue weighted by molar-refractivity contribution is 0.351. The summed E-state index contributed by atoms with van der Waals surface area (Å²) < 4.78 is 0. The number of nitrogens with zero attached hydrogens (tertiary/aromatic N) is 1. The van der Waals surface area contributed by atoms with Gasteiger partial charge in [0.15, 0.2) is 0 Å². The summed E-state index contributed by atoms with van der Waals surface area (Å²) in [5, 5.41) is 4.21. The van der Waals surface area contributed by atoms with Crippen molar-refractivity contribution >= 4 is 17.3 Å². The van der Waals surface area contributed by atoms with Gasteiger partial charge in [-0.15, -0.1) is 0 Å². The van der Waals surface area contributed by atoms with Crippen LogP contribution in [0.5, 0.6) is 0 Å². The third-order valence-electron chi connectivity index (χ3n) is 4.20. The molecule has 1 saturated carbocycles. The van der Waals surface area contributed by atoms with Crippen molar-refractivity contribution in [3.05, 3.63) is 28.8 Å². The van der Waals surface area contributed by atoms with Gasteiger partial charge >= 0.3 is 0 Å². The molecule has 0 spiro atoms.